The van der Waals surface area contributed by atoms with Gasteiger partial charge >= 0.3 is 0 Å². The zero-order valence-electron chi connectivity index (χ0n) is 8.88. The fraction of sp³-hybridized carbons (Fsp3) is 0.444. The number of hydrogen-bond acceptors (Lipinski definition) is 4. The minimum atomic E-state index is 0.685. The van der Waals surface area contributed by atoms with E-state index in [0.717, 1.165) is 24.4 Å². The van der Waals surface area contributed by atoms with Gasteiger partial charge in [-0.25, -0.2) is 14.3 Å². The highest BCUT2D eigenvalue weighted by molar-refractivity contribution is 5.57. The lowest BCUT2D eigenvalue weighted by molar-refractivity contribution is 0.685. The smallest absolute Gasteiger partial charge is 0.177 e. The Hall–Kier alpha value is -1.85. The van der Waals surface area contributed by atoms with Crippen molar-refractivity contribution in [2.24, 2.45) is 7.05 Å². The number of nitrogen functional groups attached to an aromatic ring is 1. The van der Waals surface area contributed by atoms with Crippen LogP contribution in [0.2, 0.25) is 0 Å². The fourth-order valence-corrected chi connectivity index (χ4v) is 1.60. The topological polar surface area (TPSA) is 74.5 Å². The van der Waals surface area contributed by atoms with Crippen LogP contribution < -0.4 is 5.73 Å². The number of aryl methyl sites for hydroxylation is 2. The Bertz CT molecular complexity index is 441. The molecule has 15 heavy (non-hydrogen) atoms. The van der Waals surface area contributed by atoms with E-state index in [9.17, 15) is 0 Å². The molecule has 2 heterocycles. The van der Waals surface area contributed by atoms with E-state index in [1.807, 2.05) is 7.05 Å². The summed E-state index contributed by atoms with van der Waals surface area (Å²) >= 11 is 0. The van der Waals surface area contributed by atoms with Gasteiger partial charge in [-0.15, -0.1) is 0 Å². The summed E-state index contributed by atoms with van der Waals surface area (Å²) in [6, 6.07) is 0. The van der Waals surface area contributed by atoms with Gasteiger partial charge in [-0.2, -0.15) is 10.2 Å². The van der Waals surface area contributed by atoms with Crippen molar-refractivity contribution in [3.8, 4) is 5.82 Å². The predicted octanol–water partition coefficient (Wildman–Crippen LogP) is 0.535. The van der Waals surface area contributed by atoms with Crippen LogP contribution in [0, 0.1) is 0 Å². The average molecular weight is 206 g/mol. The predicted molar refractivity (Wildman–Crippen MR) is 56.5 cm³/mol. The van der Waals surface area contributed by atoms with Crippen molar-refractivity contribution in [3.63, 3.8) is 0 Å². The van der Waals surface area contributed by atoms with Crippen molar-refractivity contribution in [1.82, 2.24) is 24.5 Å². The van der Waals surface area contributed by atoms with Gasteiger partial charge in [0.05, 0.1) is 5.69 Å². The molecule has 2 N–H and O–H groups in total. The molecule has 0 spiro atoms. The minimum absolute atomic E-state index is 0.685. The van der Waals surface area contributed by atoms with Crippen molar-refractivity contribution >= 4 is 5.69 Å². The quantitative estimate of drug-likeness (QED) is 0.795. The molecule has 6 heteroatoms. The highest BCUT2D eigenvalue weighted by Gasteiger charge is 2.14. The molecule has 0 aliphatic carbocycles. The van der Waals surface area contributed by atoms with Crippen molar-refractivity contribution in [3.05, 3.63) is 18.3 Å². The molecule has 0 saturated heterocycles. The van der Waals surface area contributed by atoms with E-state index in [2.05, 4.69) is 22.1 Å². The zero-order valence-corrected chi connectivity index (χ0v) is 8.88. The Balaban J connectivity index is 2.48. The molecule has 0 unspecified atom stereocenters. The minimum Gasteiger partial charge on any atom is -0.394 e. The first-order chi connectivity index (χ1) is 7.24. The van der Waals surface area contributed by atoms with Crippen LogP contribution in [0.25, 0.3) is 5.82 Å². The summed E-state index contributed by atoms with van der Waals surface area (Å²) in [5.41, 5.74) is 7.62. The summed E-state index contributed by atoms with van der Waals surface area (Å²) < 4.78 is 3.36. The molecule has 2 rings (SSSR count). The second kappa shape index (κ2) is 3.72. The number of hydrogen-bond donors (Lipinski definition) is 1. The lowest BCUT2D eigenvalue weighted by atomic mass is 10.2. The first-order valence-corrected chi connectivity index (χ1v) is 4.90. The lowest BCUT2D eigenvalue weighted by Gasteiger charge is -2.01. The molecular formula is C9H14N6. The van der Waals surface area contributed by atoms with E-state index in [1.165, 1.54) is 6.33 Å². The number of nitrogens with zero attached hydrogens (tertiary/aromatic N) is 5. The van der Waals surface area contributed by atoms with Crippen LogP contribution in [-0.2, 0) is 13.5 Å². The summed E-state index contributed by atoms with van der Waals surface area (Å²) in [6.07, 6.45) is 5.00. The average Bonchev–Trinajstić information content (AvgIpc) is 2.77. The number of nitrogens with two attached hydrogens (primary N) is 1. The molecule has 0 amide bonds. The molecule has 0 atom stereocenters. The molecule has 2 aromatic heterocycles. The summed E-state index contributed by atoms with van der Waals surface area (Å²) in [5, 5.41) is 8.41. The Kier molecular flexibility index (Phi) is 2.40. The van der Waals surface area contributed by atoms with Crippen LogP contribution >= 0.6 is 0 Å². The maximum absolute atomic E-state index is 6.01. The third kappa shape index (κ3) is 1.58. The molecule has 0 aromatic carbocycles. The third-order valence-corrected chi connectivity index (χ3v) is 2.25. The van der Waals surface area contributed by atoms with Crippen LogP contribution in [0.3, 0.4) is 0 Å². The van der Waals surface area contributed by atoms with E-state index >= 15 is 0 Å². The van der Waals surface area contributed by atoms with Gasteiger partial charge in [0.15, 0.2) is 5.82 Å². The normalized spacial score (nSPS) is 10.8. The maximum atomic E-state index is 6.01. The molecule has 0 bridgehead atoms. The standard InChI is InChI=1S/C9H14N6/c1-3-4-7-8(10)9(14(2)13-7)15-6-11-5-12-15/h5-6H,3-4,10H2,1-2H3. The van der Waals surface area contributed by atoms with Gasteiger partial charge in [0.2, 0.25) is 0 Å². The number of rotatable bonds is 3. The Labute approximate surface area is 87.7 Å². The van der Waals surface area contributed by atoms with Crippen LogP contribution in [0.1, 0.15) is 19.0 Å². The van der Waals surface area contributed by atoms with Gasteiger partial charge in [-0.3, -0.25) is 0 Å². The highest BCUT2D eigenvalue weighted by atomic mass is 15.4. The number of aromatic nitrogens is 5. The molecule has 80 valence electrons. The van der Waals surface area contributed by atoms with E-state index < -0.39 is 0 Å². The van der Waals surface area contributed by atoms with E-state index in [-0.39, 0.29) is 0 Å². The van der Waals surface area contributed by atoms with Gasteiger partial charge in [-0.05, 0) is 6.42 Å². The lowest BCUT2D eigenvalue weighted by Crippen LogP contribution is -2.05. The maximum Gasteiger partial charge on any atom is 0.177 e. The third-order valence-electron chi connectivity index (χ3n) is 2.25. The van der Waals surface area contributed by atoms with Gasteiger partial charge in [-0.1, -0.05) is 13.3 Å². The molecule has 0 aliphatic heterocycles. The molecular weight excluding hydrogens is 192 g/mol. The van der Waals surface area contributed by atoms with Crippen LogP contribution in [0.5, 0.6) is 0 Å². The van der Waals surface area contributed by atoms with Gasteiger partial charge in [0.25, 0.3) is 0 Å². The first-order valence-electron chi connectivity index (χ1n) is 4.90. The van der Waals surface area contributed by atoms with E-state index in [4.69, 9.17) is 5.73 Å². The summed E-state index contributed by atoms with van der Waals surface area (Å²) in [5.74, 6) is 0.774. The molecule has 2 aromatic rings. The van der Waals surface area contributed by atoms with Crippen molar-refractivity contribution < 1.29 is 0 Å². The Morgan fingerprint density at radius 1 is 1.47 bits per heavy atom. The number of anilines is 1. The van der Waals surface area contributed by atoms with Crippen molar-refractivity contribution in [2.75, 3.05) is 5.73 Å². The Morgan fingerprint density at radius 2 is 2.27 bits per heavy atom. The molecule has 0 saturated carbocycles. The van der Waals surface area contributed by atoms with Crippen LogP contribution in [-0.4, -0.2) is 24.5 Å². The molecule has 6 nitrogen and oxygen atoms in total. The summed E-state index contributed by atoms with van der Waals surface area (Å²) in [4.78, 5) is 3.89. The highest BCUT2D eigenvalue weighted by Crippen LogP contribution is 2.20. The first kappa shape index (κ1) is 9.70. The van der Waals surface area contributed by atoms with E-state index in [1.54, 1.807) is 15.7 Å². The SMILES string of the molecule is CCCc1nn(C)c(-n2cncn2)c1N. The summed E-state index contributed by atoms with van der Waals surface area (Å²) in [6.45, 7) is 2.10. The van der Waals surface area contributed by atoms with E-state index in [0.29, 0.717) is 5.69 Å². The van der Waals surface area contributed by atoms with Gasteiger partial charge < -0.3 is 5.73 Å². The van der Waals surface area contributed by atoms with Crippen LogP contribution in [0.15, 0.2) is 12.7 Å². The van der Waals surface area contributed by atoms with Crippen LogP contribution in [0.4, 0.5) is 5.69 Å². The van der Waals surface area contributed by atoms with Gasteiger partial charge in [0.1, 0.15) is 18.3 Å². The van der Waals surface area contributed by atoms with Gasteiger partial charge in [0, 0.05) is 7.05 Å². The monoisotopic (exact) mass is 206 g/mol. The molecule has 0 aliphatic rings. The largest absolute Gasteiger partial charge is 0.394 e. The zero-order chi connectivity index (χ0) is 10.8. The van der Waals surface area contributed by atoms with Crippen molar-refractivity contribution in [2.45, 2.75) is 19.8 Å². The van der Waals surface area contributed by atoms with Crippen molar-refractivity contribution in [1.29, 1.82) is 0 Å². The fourth-order valence-electron chi connectivity index (χ4n) is 1.60. The second-order valence-corrected chi connectivity index (χ2v) is 3.40. The second-order valence-electron chi connectivity index (χ2n) is 3.40. The summed E-state index contributed by atoms with van der Waals surface area (Å²) in [7, 11) is 1.85. The molecule has 0 fully saturated rings. The molecule has 0 radical (unpaired) electrons. The Morgan fingerprint density at radius 3 is 2.87 bits per heavy atom.